The summed E-state index contributed by atoms with van der Waals surface area (Å²) in [5.41, 5.74) is 4.93. The van der Waals surface area contributed by atoms with Crippen LogP contribution < -0.4 is 0 Å². The topological polar surface area (TPSA) is 30.7 Å². The van der Waals surface area contributed by atoms with Crippen molar-refractivity contribution < 1.29 is 13.2 Å². The molecular weight excluding hydrogens is 411 g/mol. The molecule has 3 aromatic rings. The van der Waals surface area contributed by atoms with Crippen molar-refractivity contribution in [3.05, 3.63) is 108 Å². The summed E-state index contributed by atoms with van der Waals surface area (Å²) in [6.45, 7) is 2.36. The molecule has 0 N–H and O–H groups in total. The Hall–Kier alpha value is -3.93. The van der Waals surface area contributed by atoms with Crippen LogP contribution in [-0.2, 0) is 6.54 Å². The molecule has 3 aromatic carbocycles. The molecule has 0 aromatic heterocycles. The predicted octanol–water partition coefficient (Wildman–Crippen LogP) is 6.49. The quantitative estimate of drug-likeness (QED) is 0.327. The van der Waals surface area contributed by atoms with E-state index in [1.807, 2.05) is 47.3 Å². The SMILES string of the molecule is Cc1cc(-c2ccc(Cn3ccc4nc(-c5cccc(F)c5F)nc-4c3)cc2)ccc1F. The summed E-state index contributed by atoms with van der Waals surface area (Å²) >= 11 is 0. The highest BCUT2D eigenvalue weighted by molar-refractivity contribution is 5.66. The summed E-state index contributed by atoms with van der Waals surface area (Å²) in [5, 5.41) is 0. The van der Waals surface area contributed by atoms with Crippen molar-refractivity contribution in [2.75, 3.05) is 0 Å². The molecule has 6 heteroatoms. The van der Waals surface area contributed by atoms with Gasteiger partial charge >= 0.3 is 0 Å². The van der Waals surface area contributed by atoms with Crippen molar-refractivity contribution in [2.45, 2.75) is 13.5 Å². The zero-order chi connectivity index (χ0) is 22.2. The number of nitrogens with zero attached hydrogens (tertiary/aromatic N) is 3. The van der Waals surface area contributed by atoms with Gasteiger partial charge in [-0.05, 0) is 59.5 Å². The van der Waals surface area contributed by atoms with Gasteiger partial charge in [0, 0.05) is 18.9 Å². The Bertz CT molecular complexity index is 1390. The smallest absolute Gasteiger partial charge is 0.169 e. The summed E-state index contributed by atoms with van der Waals surface area (Å²) in [7, 11) is 0. The van der Waals surface area contributed by atoms with E-state index < -0.39 is 11.6 Å². The molecule has 2 aliphatic rings. The van der Waals surface area contributed by atoms with Gasteiger partial charge in [-0.25, -0.2) is 23.1 Å². The molecule has 0 spiro atoms. The normalized spacial score (nSPS) is 11.2. The fourth-order valence-corrected chi connectivity index (χ4v) is 3.68. The highest BCUT2D eigenvalue weighted by Crippen LogP contribution is 2.28. The maximum atomic E-state index is 14.1. The number of fused-ring (bicyclic) bond motifs is 1. The molecule has 2 aliphatic heterocycles. The zero-order valence-electron chi connectivity index (χ0n) is 17.2. The van der Waals surface area contributed by atoms with Gasteiger partial charge < -0.3 is 4.57 Å². The van der Waals surface area contributed by atoms with Gasteiger partial charge in [0.15, 0.2) is 17.5 Å². The van der Waals surface area contributed by atoms with Gasteiger partial charge in [-0.2, -0.15) is 0 Å². The van der Waals surface area contributed by atoms with Crippen LogP contribution in [0.3, 0.4) is 0 Å². The summed E-state index contributed by atoms with van der Waals surface area (Å²) < 4.78 is 43.1. The molecule has 0 saturated carbocycles. The lowest BCUT2D eigenvalue weighted by Gasteiger charge is -2.09. The van der Waals surface area contributed by atoms with E-state index in [1.165, 1.54) is 18.2 Å². The highest BCUT2D eigenvalue weighted by Gasteiger charge is 2.17. The predicted molar refractivity (Wildman–Crippen MR) is 118 cm³/mol. The van der Waals surface area contributed by atoms with Gasteiger partial charge in [-0.1, -0.05) is 36.4 Å². The summed E-state index contributed by atoms with van der Waals surface area (Å²) in [6.07, 6.45) is 3.71. The summed E-state index contributed by atoms with van der Waals surface area (Å²) in [6, 6.07) is 18.9. The lowest BCUT2D eigenvalue weighted by atomic mass is 10.0. The van der Waals surface area contributed by atoms with Crippen LogP contribution >= 0.6 is 0 Å². The van der Waals surface area contributed by atoms with Crippen molar-refractivity contribution in [3.63, 3.8) is 0 Å². The summed E-state index contributed by atoms with van der Waals surface area (Å²) in [4.78, 5) is 8.72. The van der Waals surface area contributed by atoms with Crippen LogP contribution in [0, 0.1) is 24.4 Å². The van der Waals surface area contributed by atoms with Gasteiger partial charge in [0.05, 0.1) is 11.3 Å². The lowest BCUT2D eigenvalue weighted by Crippen LogP contribution is -2.00. The fourth-order valence-electron chi connectivity index (χ4n) is 3.68. The minimum atomic E-state index is -0.952. The number of halogens is 3. The Morgan fingerprint density at radius 3 is 2.31 bits per heavy atom. The standard InChI is InChI=1S/C26H18F3N3/c1-16-13-19(9-10-21(16)27)18-7-5-17(6-8-18)14-32-12-11-23-24(15-32)31-26(30-23)20-3-2-4-22(28)25(20)29/h2-13,15H,14H2,1H3. The van der Waals surface area contributed by atoms with Crippen LogP contribution in [0.1, 0.15) is 11.1 Å². The number of imidazole rings is 1. The molecule has 3 nitrogen and oxygen atoms in total. The molecule has 0 aliphatic carbocycles. The Morgan fingerprint density at radius 2 is 1.53 bits per heavy atom. The van der Waals surface area contributed by atoms with Crippen LogP contribution in [0.4, 0.5) is 13.2 Å². The van der Waals surface area contributed by atoms with Gasteiger partial charge in [-0.3, -0.25) is 0 Å². The van der Waals surface area contributed by atoms with Gasteiger partial charge in [-0.15, -0.1) is 0 Å². The average Bonchev–Trinajstić information content (AvgIpc) is 3.21. The first-order chi connectivity index (χ1) is 15.5. The zero-order valence-corrected chi connectivity index (χ0v) is 17.2. The Kier molecular flexibility index (Phi) is 4.98. The van der Waals surface area contributed by atoms with E-state index in [4.69, 9.17) is 0 Å². The molecule has 0 unspecified atom stereocenters. The molecule has 0 radical (unpaired) electrons. The number of hydrogen-bond acceptors (Lipinski definition) is 2. The van der Waals surface area contributed by atoms with Gasteiger partial charge in [0.2, 0.25) is 0 Å². The largest absolute Gasteiger partial charge is 0.348 e. The Morgan fingerprint density at radius 1 is 0.781 bits per heavy atom. The maximum absolute atomic E-state index is 14.1. The second kappa shape index (κ2) is 7.96. The van der Waals surface area contributed by atoms with Crippen LogP contribution in [-0.4, -0.2) is 14.5 Å². The van der Waals surface area contributed by atoms with E-state index in [0.29, 0.717) is 23.5 Å². The Labute approximate surface area is 183 Å². The third kappa shape index (κ3) is 3.75. The van der Waals surface area contributed by atoms with E-state index in [0.717, 1.165) is 22.8 Å². The molecule has 2 heterocycles. The minimum Gasteiger partial charge on any atom is -0.348 e. The van der Waals surface area contributed by atoms with E-state index in [1.54, 1.807) is 19.1 Å². The third-order valence-electron chi connectivity index (χ3n) is 5.43. The third-order valence-corrected chi connectivity index (χ3v) is 5.43. The molecule has 0 saturated heterocycles. The Balaban J connectivity index is 1.39. The van der Waals surface area contributed by atoms with Crippen LogP contribution in [0.5, 0.6) is 0 Å². The van der Waals surface area contributed by atoms with Crippen LogP contribution in [0.25, 0.3) is 33.9 Å². The minimum absolute atomic E-state index is 0.0411. The first-order valence-corrected chi connectivity index (χ1v) is 10.1. The average molecular weight is 429 g/mol. The van der Waals surface area contributed by atoms with Gasteiger partial charge in [0.1, 0.15) is 11.5 Å². The van der Waals surface area contributed by atoms with E-state index in [2.05, 4.69) is 9.97 Å². The van der Waals surface area contributed by atoms with E-state index >= 15 is 0 Å². The first kappa shape index (κ1) is 20.0. The van der Waals surface area contributed by atoms with Crippen molar-refractivity contribution >= 4 is 0 Å². The van der Waals surface area contributed by atoms with Crippen molar-refractivity contribution in [1.29, 1.82) is 0 Å². The number of hydrogen-bond donors (Lipinski definition) is 0. The van der Waals surface area contributed by atoms with Crippen LogP contribution in [0.15, 0.2) is 79.1 Å². The molecule has 0 fully saturated rings. The second-order valence-electron chi connectivity index (χ2n) is 7.70. The molecule has 0 bridgehead atoms. The molecule has 0 amide bonds. The highest BCUT2D eigenvalue weighted by atomic mass is 19.2. The van der Waals surface area contributed by atoms with E-state index in [-0.39, 0.29) is 17.2 Å². The van der Waals surface area contributed by atoms with Crippen molar-refractivity contribution in [1.82, 2.24) is 14.5 Å². The number of benzene rings is 3. The maximum Gasteiger partial charge on any atom is 0.169 e. The van der Waals surface area contributed by atoms with E-state index in [9.17, 15) is 13.2 Å². The van der Waals surface area contributed by atoms with Crippen molar-refractivity contribution in [2.24, 2.45) is 0 Å². The number of aryl methyl sites for hydroxylation is 1. The van der Waals surface area contributed by atoms with Crippen molar-refractivity contribution in [3.8, 4) is 33.9 Å². The molecule has 158 valence electrons. The molecular formula is C26H18F3N3. The molecule has 0 atom stereocenters. The van der Waals surface area contributed by atoms with Crippen LogP contribution in [0.2, 0.25) is 0 Å². The first-order valence-electron chi connectivity index (χ1n) is 10.1. The monoisotopic (exact) mass is 429 g/mol. The summed E-state index contributed by atoms with van der Waals surface area (Å²) in [5.74, 6) is -1.93. The number of pyridine rings is 1. The second-order valence-corrected chi connectivity index (χ2v) is 7.70. The molecule has 5 rings (SSSR count). The number of aromatic nitrogens is 3. The lowest BCUT2D eigenvalue weighted by molar-refractivity contribution is 0.510. The number of rotatable bonds is 4. The fraction of sp³-hybridized carbons (Fsp3) is 0.0769. The van der Waals surface area contributed by atoms with Gasteiger partial charge in [0.25, 0.3) is 0 Å². The molecule has 32 heavy (non-hydrogen) atoms.